The molecule has 0 bridgehead atoms. The first-order valence-electron chi connectivity index (χ1n) is 10.0. The molecule has 0 radical (unpaired) electrons. The van der Waals surface area contributed by atoms with Crippen molar-refractivity contribution in [3.63, 3.8) is 0 Å². The summed E-state index contributed by atoms with van der Waals surface area (Å²) in [4.78, 5) is 30.1. The Bertz CT molecular complexity index is 1290. The highest BCUT2D eigenvalue weighted by Gasteiger charge is 2.27. The number of amides is 2. The monoisotopic (exact) mass is 467 g/mol. The molecule has 0 spiro atoms. The molecular weight excluding hydrogens is 446 g/mol. The van der Waals surface area contributed by atoms with E-state index < -0.39 is 5.54 Å². The largest absolute Gasteiger partial charge is 0.347 e. The van der Waals surface area contributed by atoms with Crippen molar-refractivity contribution < 1.29 is 9.59 Å². The number of nitrogens with one attached hydrogen (secondary N) is 2. The van der Waals surface area contributed by atoms with Crippen molar-refractivity contribution in [2.75, 3.05) is 5.32 Å². The van der Waals surface area contributed by atoms with Gasteiger partial charge in [-0.2, -0.15) is 10.1 Å². The Hall–Kier alpha value is -3.23. The van der Waals surface area contributed by atoms with Crippen LogP contribution in [0.15, 0.2) is 54.6 Å². The maximum absolute atomic E-state index is 13.0. The van der Waals surface area contributed by atoms with Gasteiger partial charge in [-0.25, -0.2) is 4.68 Å². The molecule has 0 aliphatic heterocycles. The average Bonchev–Trinajstić information content (AvgIpc) is 3.31. The Kier molecular flexibility index (Phi) is 5.99. The van der Waals surface area contributed by atoms with Crippen LogP contribution < -0.4 is 10.6 Å². The van der Waals surface area contributed by atoms with Crippen molar-refractivity contribution in [1.82, 2.24) is 20.1 Å². The van der Waals surface area contributed by atoms with E-state index in [0.29, 0.717) is 32.6 Å². The second kappa shape index (κ2) is 8.72. The summed E-state index contributed by atoms with van der Waals surface area (Å²) >= 11 is 7.21. The van der Waals surface area contributed by atoms with Gasteiger partial charge in [0, 0.05) is 17.1 Å². The number of carbonyl (C=O) groups is 2. The number of anilines is 1. The van der Waals surface area contributed by atoms with E-state index in [9.17, 15) is 9.59 Å². The van der Waals surface area contributed by atoms with E-state index in [1.807, 2.05) is 51.1 Å². The van der Waals surface area contributed by atoms with Crippen LogP contribution in [0.25, 0.3) is 10.3 Å². The number of hydrogen-bond acceptors (Lipinski definition) is 5. The van der Waals surface area contributed by atoms with Gasteiger partial charge in [-0.05, 0) is 44.5 Å². The molecule has 2 aromatic heterocycles. The van der Waals surface area contributed by atoms with Crippen molar-refractivity contribution >= 4 is 50.2 Å². The summed E-state index contributed by atoms with van der Waals surface area (Å²) < 4.78 is 2.33. The fourth-order valence-corrected chi connectivity index (χ4v) is 4.25. The molecule has 0 fully saturated rings. The van der Waals surface area contributed by atoms with Gasteiger partial charge in [-0.1, -0.05) is 59.3 Å². The zero-order valence-corrected chi connectivity index (χ0v) is 19.4. The van der Waals surface area contributed by atoms with E-state index in [2.05, 4.69) is 20.7 Å². The number of halogens is 1. The predicted octanol–water partition coefficient (Wildman–Crippen LogP) is 5.08. The predicted molar refractivity (Wildman–Crippen MR) is 127 cm³/mol. The van der Waals surface area contributed by atoms with Crippen LogP contribution in [0.5, 0.6) is 0 Å². The molecule has 0 saturated carbocycles. The molecule has 0 atom stereocenters. The summed E-state index contributed by atoms with van der Waals surface area (Å²) in [5, 5.41) is 11.1. The summed E-state index contributed by atoms with van der Waals surface area (Å²) in [6.45, 7) is 6.33. The maximum Gasteiger partial charge on any atom is 0.273 e. The lowest BCUT2D eigenvalue weighted by atomic mass is 10.1. The second-order valence-corrected chi connectivity index (χ2v) is 9.67. The van der Waals surface area contributed by atoms with Gasteiger partial charge < -0.3 is 5.32 Å². The molecule has 0 unspecified atom stereocenters. The average molecular weight is 468 g/mol. The van der Waals surface area contributed by atoms with Crippen molar-refractivity contribution in [2.45, 2.75) is 32.9 Å². The van der Waals surface area contributed by atoms with Crippen LogP contribution in [0.4, 0.5) is 5.13 Å². The van der Waals surface area contributed by atoms with E-state index in [-0.39, 0.29) is 17.5 Å². The highest BCUT2D eigenvalue weighted by Crippen LogP contribution is 2.32. The second-order valence-electron chi connectivity index (χ2n) is 8.24. The quantitative estimate of drug-likeness (QED) is 0.428. The number of benzene rings is 2. The molecule has 7 nitrogen and oxygen atoms in total. The third kappa shape index (κ3) is 4.66. The first-order valence-corrected chi connectivity index (χ1v) is 11.2. The van der Waals surface area contributed by atoms with Crippen LogP contribution in [0.2, 0.25) is 5.02 Å². The van der Waals surface area contributed by atoms with Gasteiger partial charge in [0.2, 0.25) is 0 Å². The fourth-order valence-electron chi connectivity index (χ4n) is 3.13. The van der Waals surface area contributed by atoms with E-state index >= 15 is 0 Å². The lowest BCUT2D eigenvalue weighted by Gasteiger charge is -2.19. The van der Waals surface area contributed by atoms with Crippen LogP contribution in [0.3, 0.4) is 0 Å². The number of aromatic nitrogens is 3. The van der Waals surface area contributed by atoms with Crippen molar-refractivity contribution in [3.8, 4) is 0 Å². The summed E-state index contributed by atoms with van der Waals surface area (Å²) in [5.41, 5.74) is 1.85. The first-order chi connectivity index (χ1) is 15.2. The van der Waals surface area contributed by atoms with E-state index in [0.717, 1.165) is 5.56 Å². The Labute approximate surface area is 194 Å². The molecule has 0 aliphatic carbocycles. The topological polar surface area (TPSA) is 88.9 Å². The molecule has 0 saturated heterocycles. The molecule has 2 amide bonds. The third-order valence-electron chi connectivity index (χ3n) is 4.68. The molecule has 2 N–H and O–H groups in total. The molecule has 9 heteroatoms. The SMILES string of the molecule is CC(C)(C)n1nc(C(=O)NCc2ccccc2)c2sc(NC(=O)c3cccc(Cl)c3)nc21. The smallest absolute Gasteiger partial charge is 0.273 e. The van der Waals surface area contributed by atoms with Gasteiger partial charge in [-0.3, -0.25) is 14.9 Å². The molecular formula is C23H22ClN5O2S. The van der Waals surface area contributed by atoms with E-state index in [1.165, 1.54) is 11.3 Å². The van der Waals surface area contributed by atoms with Crippen molar-refractivity contribution in [2.24, 2.45) is 0 Å². The fraction of sp³-hybridized carbons (Fsp3) is 0.217. The minimum absolute atomic E-state index is 0.284. The molecule has 164 valence electrons. The number of thiazole rings is 1. The van der Waals surface area contributed by atoms with Gasteiger partial charge in [0.15, 0.2) is 16.5 Å². The van der Waals surface area contributed by atoms with Crippen molar-refractivity contribution in [1.29, 1.82) is 0 Å². The summed E-state index contributed by atoms with van der Waals surface area (Å²) in [6, 6.07) is 16.3. The van der Waals surface area contributed by atoms with E-state index in [4.69, 9.17) is 11.6 Å². The van der Waals surface area contributed by atoms with Crippen LogP contribution >= 0.6 is 22.9 Å². The molecule has 0 aliphatic rings. The Balaban J connectivity index is 1.63. The molecule has 4 rings (SSSR count). The lowest BCUT2D eigenvalue weighted by Crippen LogP contribution is -2.26. The standard InChI is InChI=1S/C23H22ClN5O2S/c1-23(2,3)29-19-18(17(28-29)21(31)25-13-14-8-5-4-6-9-14)32-22(26-19)27-20(30)15-10-7-11-16(24)12-15/h4-12H,13H2,1-3H3,(H,25,31)(H,26,27,30). The van der Waals surface area contributed by atoms with Crippen LogP contribution in [0.1, 0.15) is 47.2 Å². The first kappa shape index (κ1) is 22.0. The number of nitrogens with zero attached hydrogens (tertiary/aromatic N) is 3. The molecule has 2 aromatic carbocycles. The number of hydrogen-bond donors (Lipinski definition) is 2. The van der Waals surface area contributed by atoms with E-state index in [1.54, 1.807) is 28.9 Å². The lowest BCUT2D eigenvalue weighted by molar-refractivity contribution is 0.0945. The van der Waals surface area contributed by atoms with Crippen LogP contribution in [-0.2, 0) is 12.1 Å². The van der Waals surface area contributed by atoms with Gasteiger partial charge in [0.25, 0.3) is 11.8 Å². The van der Waals surface area contributed by atoms with Gasteiger partial charge in [0.05, 0.1) is 5.54 Å². The highest BCUT2D eigenvalue weighted by molar-refractivity contribution is 7.22. The van der Waals surface area contributed by atoms with Crippen LogP contribution in [-0.4, -0.2) is 26.6 Å². The molecule has 32 heavy (non-hydrogen) atoms. The Morgan fingerprint density at radius 1 is 1.06 bits per heavy atom. The van der Waals surface area contributed by atoms with Gasteiger partial charge in [-0.15, -0.1) is 0 Å². The van der Waals surface area contributed by atoms with Crippen LogP contribution in [0, 0.1) is 0 Å². The van der Waals surface area contributed by atoms with Gasteiger partial charge in [0.1, 0.15) is 4.70 Å². The molecule has 2 heterocycles. The zero-order valence-electron chi connectivity index (χ0n) is 17.8. The minimum atomic E-state index is -0.404. The summed E-state index contributed by atoms with van der Waals surface area (Å²) in [5.74, 6) is -0.618. The summed E-state index contributed by atoms with van der Waals surface area (Å²) in [6.07, 6.45) is 0. The third-order valence-corrected chi connectivity index (χ3v) is 5.88. The normalized spacial score (nSPS) is 11.5. The number of fused-ring (bicyclic) bond motifs is 1. The van der Waals surface area contributed by atoms with Crippen molar-refractivity contribution in [3.05, 3.63) is 76.4 Å². The minimum Gasteiger partial charge on any atom is -0.347 e. The highest BCUT2D eigenvalue weighted by atomic mass is 35.5. The maximum atomic E-state index is 13.0. The number of carbonyl (C=O) groups excluding carboxylic acids is 2. The molecule has 4 aromatic rings. The summed E-state index contributed by atoms with van der Waals surface area (Å²) in [7, 11) is 0. The Morgan fingerprint density at radius 2 is 1.81 bits per heavy atom. The Morgan fingerprint density at radius 3 is 2.50 bits per heavy atom. The number of rotatable bonds is 5. The zero-order chi connectivity index (χ0) is 22.9. The van der Waals surface area contributed by atoms with Gasteiger partial charge >= 0.3 is 0 Å².